The molecule has 0 amide bonds. The molecular weight excluding hydrogens is 1700 g/mol. The minimum Gasteiger partial charge on any atom is -0.480 e. The lowest BCUT2D eigenvalue weighted by molar-refractivity contribution is -0.208. The molecule has 660 valence electrons. The van der Waals surface area contributed by atoms with E-state index < -0.39 is 149 Å². The number of rotatable bonds is 52. The van der Waals surface area contributed by atoms with Crippen LogP contribution in [0.15, 0.2) is 48.5 Å². The fraction of sp³-hybridized carbons (Fsp3) is 0.619. The first kappa shape index (κ1) is 102. The number of benzene rings is 4. The molecule has 0 radical (unpaired) electrons. The lowest BCUT2D eigenvalue weighted by atomic mass is 9.87. The maximum atomic E-state index is 15.0. The molecular formula is C84H94F26O4S4. The van der Waals surface area contributed by atoms with E-state index in [0.29, 0.717) is 91.1 Å². The van der Waals surface area contributed by atoms with Crippen LogP contribution >= 0.6 is 47.0 Å². The third-order valence-electron chi connectivity index (χ3n) is 18.0. The number of alkyl halides is 26. The number of terminal acetylenes is 4. The maximum absolute atomic E-state index is 15.0. The summed E-state index contributed by atoms with van der Waals surface area (Å²) in [6.45, 7) is -0.924. The predicted molar refractivity (Wildman–Crippen MR) is 414 cm³/mol. The summed E-state index contributed by atoms with van der Waals surface area (Å²) in [5.41, 5.74) is 6.30. The highest BCUT2D eigenvalue weighted by atomic mass is 32.2. The van der Waals surface area contributed by atoms with Gasteiger partial charge in [-0.25, -0.2) is 87.8 Å². The van der Waals surface area contributed by atoms with E-state index in [1.165, 1.54) is 23.5 Å². The smallest absolute Gasteiger partial charge is 0.394 e. The highest BCUT2D eigenvalue weighted by Gasteiger charge is 2.52. The number of hydrogen-bond acceptors (Lipinski definition) is 8. The highest BCUT2D eigenvalue weighted by molar-refractivity contribution is 7.99. The van der Waals surface area contributed by atoms with Gasteiger partial charge in [-0.3, -0.25) is 0 Å². The Balaban J connectivity index is 1.71. The lowest BCUT2D eigenvalue weighted by Crippen LogP contribution is -2.34. The second kappa shape index (κ2) is 45.3. The summed E-state index contributed by atoms with van der Waals surface area (Å²) in [5, 5.41) is 0. The zero-order valence-corrected chi connectivity index (χ0v) is 68.2. The summed E-state index contributed by atoms with van der Waals surface area (Å²) >= 11 is 4.37. The summed E-state index contributed by atoms with van der Waals surface area (Å²) in [4.78, 5) is 0. The Kier molecular flexibility index (Phi) is 39.4. The van der Waals surface area contributed by atoms with Crippen LogP contribution in [0.5, 0.6) is 23.0 Å². The van der Waals surface area contributed by atoms with Crippen LogP contribution in [0, 0.1) is 49.4 Å². The predicted octanol–water partition coefficient (Wildman–Crippen LogP) is 26.1. The zero-order valence-electron chi connectivity index (χ0n) is 64.9. The van der Waals surface area contributed by atoms with Crippen LogP contribution in [0.1, 0.15) is 196 Å². The van der Waals surface area contributed by atoms with E-state index >= 15 is 0 Å². The molecule has 4 aromatic rings. The molecule has 0 saturated carbocycles. The molecule has 1 aliphatic rings. The molecule has 34 heteroatoms. The van der Waals surface area contributed by atoms with Crippen molar-refractivity contribution in [3.05, 3.63) is 115 Å². The van der Waals surface area contributed by atoms with Crippen LogP contribution < -0.4 is 18.9 Å². The fourth-order valence-corrected chi connectivity index (χ4v) is 17.6. The fourth-order valence-electron chi connectivity index (χ4n) is 13.8. The van der Waals surface area contributed by atoms with E-state index in [-0.39, 0.29) is 175 Å². The summed E-state index contributed by atoms with van der Waals surface area (Å²) in [6.07, 6.45) is -8.65. The largest absolute Gasteiger partial charge is 0.480 e. The average Bonchev–Trinajstić information content (AvgIpc) is 0.770. The quantitative estimate of drug-likeness (QED) is 0.0217. The minimum absolute atomic E-state index is 0.00661. The summed E-state index contributed by atoms with van der Waals surface area (Å²) in [7, 11) is 0. The number of aryl methyl sites for hydroxylation is 4. The normalized spacial score (nSPS) is 13.7. The first-order valence-electron chi connectivity index (χ1n) is 37.7. The Morgan fingerprint density at radius 2 is 0.458 bits per heavy atom. The number of thioether (sulfide) groups is 4. The Morgan fingerprint density at radius 1 is 0.263 bits per heavy atom. The molecule has 0 spiro atoms. The van der Waals surface area contributed by atoms with Crippen molar-refractivity contribution in [3.63, 3.8) is 0 Å². The summed E-state index contributed by atoms with van der Waals surface area (Å²) < 4.78 is 389. The van der Waals surface area contributed by atoms with Crippen LogP contribution in [0.25, 0.3) is 0 Å². The zero-order chi connectivity index (χ0) is 88.2. The minimum atomic E-state index is -5.39. The molecule has 4 aromatic carbocycles. The first-order valence-corrected chi connectivity index (χ1v) is 42.3. The topological polar surface area (TPSA) is 36.9 Å². The van der Waals surface area contributed by atoms with Gasteiger partial charge in [-0.15, -0.1) is 25.7 Å². The van der Waals surface area contributed by atoms with Gasteiger partial charge in [0.2, 0.25) is 0 Å². The van der Waals surface area contributed by atoms with Crippen molar-refractivity contribution in [1.29, 1.82) is 0 Å². The van der Waals surface area contributed by atoms with Gasteiger partial charge < -0.3 is 18.9 Å². The molecule has 118 heavy (non-hydrogen) atoms. The Hall–Kier alpha value is -6.10. The number of halogens is 26. The van der Waals surface area contributed by atoms with E-state index in [2.05, 4.69) is 23.7 Å². The van der Waals surface area contributed by atoms with Crippen LogP contribution in [-0.4, -0.2) is 144 Å². The van der Waals surface area contributed by atoms with E-state index in [1.54, 1.807) is 24.3 Å². The molecule has 4 nitrogen and oxygen atoms in total. The summed E-state index contributed by atoms with van der Waals surface area (Å²) in [5.74, 6) is -31.1. The molecule has 8 bridgehead atoms. The van der Waals surface area contributed by atoms with Crippen LogP contribution in [-0.2, 0) is 51.4 Å². The number of fused-ring (bicyclic) bond motifs is 8. The molecule has 0 heterocycles. The van der Waals surface area contributed by atoms with E-state index in [0.717, 1.165) is 23.5 Å². The van der Waals surface area contributed by atoms with Crippen LogP contribution in [0.2, 0.25) is 0 Å². The average molecular weight is 1790 g/mol. The van der Waals surface area contributed by atoms with Crippen molar-refractivity contribution in [3.8, 4) is 72.4 Å². The molecule has 0 unspecified atom stereocenters. The Morgan fingerprint density at radius 3 is 0.661 bits per heavy atom. The molecule has 1 aliphatic carbocycles. The van der Waals surface area contributed by atoms with Crippen molar-refractivity contribution in [1.82, 2.24) is 0 Å². The van der Waals surface area contributed by atoms with E-state index in [4.69, 9.17) is 44.6 Å². The van der Waals surface area contributed by atoms with Crippen molar-refractivity contribution in [2.24, 2.45) is 0 Å². The Bertz CT molecular complexity index is 3740. The monoisotopic (exact) mass is 1790 g/mol. The third-order valence-corrected chi connectivity index (χ3v) is 22.4. The summed E-state index contributed by atoms with van der Waals surface area (Å²) in [6, 6.07) is 14.5. The number of hydrogen-bond donors (Lipinski definition) is 0. The molecule has 5 rings (SSSR count). The molecule has 0 saturated heterocycles. The molecule has 0 fully saturated rings. The van der Waals surface area contributed by atoms with Crippen molar-refractivity contribution in [2.45, 2.75) is 252 Å². The lowest BCUT2D eigenvalue weighted by Gasteiger charge is -2.25. The van der Waals surface area contributed by atoms with Crippen molar-refractivity contribution >= 4 is 47.0 Å². The van der Waals surface area contributed by atoms with Gasteiger partial charge in [-0.2, -0.15) is 73.4 Å². The highest BCUT2D eigenvalue weighted by Crippen LogP contribution is 2.48. The SMILES string of the molecule is C#CCOc1c2cc(CCCSCCCC(F)(F)CC(F)(F)CC(F)(F)F)cc1Cc1cc(CCCSCCC(F)(F)CC(F)(F)CC(C)(F)F)cc(c1OCC#C)Cc1cc(CCCSCCC(F)(F)CC(F)(F)CC(C)(F)F)cc(c1OCC#C)Cc1cc(CCCSCCCC(F)(F)CC(F)(F)CC(F)(F)F)cc(c1OCC#C)C2. The molecule has 0 aromatic heterocycles. The van der Waals surface area contributed by atoms with Gasteiger partial charge >= 0.3 is 12.4 Å². The van der Waals surface area contributed by atoms with Gasteiger partial charge in [0.1, 0.15) is 62.3 Å². The molecule has 0 N–H and O–H groups in total. The van der Waals surface area contributed by atoms with Crippen molar-refractivity contribution < 1.29 is 133 Å². The number of ether oxygens (including phenoxy) is 4. The van der Waals surface area contributed by atoms with Gasteiger partial charge in [0.15, 0.2) is 0 Å². The second-order valence-corrected chi connectivity index (χ2v) is 34.8. The first-order chi connectivity index (χ1) is 54.6. The maximum Gasteiger partial charge on any atom is 0.394 e. The van der Waals surface area contributed by atoms with Gasteiger partial charge in [0, 0.05) is 51.4 Å². The standard InChI is InChI=1S/C84H94F26O4S4/c1-7-25-111-69-61-37-57(17-11-29-115-33-15-21-75(89,90)51-81(101,102)55-83(105,106)107)39-63(69)46-65-41-59(19-13-31-117-35-23-77(93,94)53-79(97,98)49-73(5,85)86)43-67(71(65)113-27-9-3)48-68-44-60(20-14-32-118-36-24-78(95,96)54-80(99,100)50-74(6,87)88)42-66(72(68)114-28-10-4)47-64-40-58(38-62(45-61)70(64)112-26-8-2)18-12-30-116-34-16-22-76(91,92)52-82(103,104)56-84(108,109)110/h1-4,37-44H,11-36,45-56H2,5-6H3. The van der Waals surface area contributed by atoms with Crippen molar-refractivity contribution in [2.75, 3.05) is 72.5 Å². The van der Waals surface area contributed by atoms with Gasteiger partial charge in [-0.05, 0) is 191 Å². The Labute approximate surface area is 689 Å². The van der Waals surface area contributed by atoms with Gasteiger partial charge in [0.25, 0.3) is 59.2 Å². The van der Waals surface area contributed by atoms with Crippen LogP contribution in [0.4, 0.5) is 114 Å². The van der Waals surface area contributed by atoms with E-state index in [9.17, 15) is 114 Å². The van der Waals surface area contributed by atoms with Gasteiger partial charge in [0.05, 0.1) is 38.5 Å². The second-order valence-electron chi connectivity index (χ2n) is 29.9. The molecule has 0 aliphatic heterocycles. The van der Waals surface area contributed by atoms with Crippen LogP contribution in [0.3, 0.4) is 0 Å². The van der Waals surface area contributed by atoms with E-state index in [1.807, 2.05) is 24.3 Å². The third kappa shape index (κ3) is 40.3. The van der Waals surface area contributed by atoms with Gasteiger partial charge in [-0.1, -0.05) is 72.2 Å². The molecule has 0 atom stereocenters.